The van der Waals surface area contributed by atoms with Gasteiger partial charge in [-0.1, -0.05) is 23.5 Å². The number of halogens is 1. The van der Waals surface area contributed by atoms with Crippen LogP contribution in [0.5, 0.6) is 0 Å². The fourth-order valence-electron chi connectivity index (χ4n) is 3.10. The molecule has 0 atom stereocenters. The number of hydrogen-bond donors (Lipinski definition) is 2. The number of fused-ring (bicyclic) bond motifs is 1. The number of aromatic nitrogens is 3. The van der Waals surface area contributed by atoms with Crippen LogP contribution in [0.4, 0.5) is 4.39 Å². The van der Waals surface area contributed by atoms with Crippen LogP contribution in [0, 0.1) is 12.7 Å². The molecule has 0 aliphatic heterocycles. The van der Waals surface area contributed by atoms with E-state index in [1.807, 2.05) is 31.2 Å². The lowest BCUT2D eigenvalue weighted by molar-refractivity contribution is -0.121. The van der Waals surface area contributed by atoms with E-state index in [4.69, 9.17) is 0 Å². The first-order valence-corrected chi connectivity index (χ1v) is 9.49. The van der Waals surface area contributed by atoms with Gasteiger partial charge >= 0.3 is 4.87 Å². The Morgan fingerprint density at radius 1 is 1.21 bits per heavy atom. The van der Waals surface area contributed by atoms with E-state index in [0.717, 1.165) is 27.2 Å². The smallest absolute Gasteiger partial charge is 0.308 e. The predicted molar refractivity (Wildman–Crippen MR) is 107 cm³/mol. The molecule has 142 valence electrons. The summed E-state index contributed by atoms with van der Waals surface area (Å²) in [7, 11) is 0. The van der Waals surface area contributed by atoms with E-state index in [1.165, 1.54) is 16.7 Å². The van der Waals surface area contributed by atoms with Crippen molar-refractivity contribution in [1.29, 1.82) is 0 Å². The van der Waals surface area contributed by atoms with Crippen LogP contribution < -0.4 is 10.2 Å². The summed E-state index contributed by atoms with van der Waals surface area (Å²) in [6, 6.07) is 13.5. The Morgan fingerprint density at radius 2 is 1.96 bits per heavy atom. The number of amides is 1. The van der Waals surface area contributed by atoms with Gasteiger partial charge in [0, 0.05) is 4.88 Å². The van der Waals surface area contributed by atoms with Gasteiger partial charge in [-0.25, -0.2) is 9.37 Å². The van der Waals surface area contributed by atoms with Gasteiger partial charge < -0.3 is 10.3 Å². The maximum atomic E-state index is 13.2. The summed E-state index contributed by atoms with van der Waals surface area (Å²) in [6.07, 6.45) is 0. The summed E-state index contributed by atoms with van der Waals surface area (Å²) in [4.78, 5) is 32.9. The molecule has 0 unspecified atom stereocenters. The SMILES string of the molecule is Cc1sc(=O)n(CC(=O)NCc2nc3ccccc3[nH]2)c1-c1ccc(F)cc1. The Labute approximate surface area is 163 Å². The van der Waals surface area contributed by atoms with Crippen LogP contribution >= 0.6 is 11.3 Å². The van der Waals surface area contributed by atoms with Crippen LogP contribution in [0.25, 0.3) is 22.3 Å². The number of nitrogens with one attached hydrogen (secondary N) is 2. The van der Waals surface area contributed by atoms with Gasteiger partial charge in [0.05, 0.1) is 23.3 Å². The number of carbonyl (C=O) groups is 1. The zero-order chi connectivity index (χ0) is 19.7. The maximum absolute atomic E-state index is 13.2. The number of benzene rings is 2. The number of H-pyrrole nitrogens is 1. The molecule has 0 spiro atoms. The minimum Gasteiger partial charge on any atom is -0.347 e. The standard InChI is InChI=1S/C20H17FN4O2S/c1-12-19(13-6-8-14(21)9-7-13)25(20(27)28-12)11-18(26)22-10-17-23-15-4-2-3-5-16(15)24-17/h2-9H,10-11H2,1H3,(H,22,26)(H,23,24). The fourth-order valence-corrected chi connectivity index (χ4v) is 3.95. The van der Waals surface area contributed by atoms with Crippen LogP contribution in [0.1, 0.15) is 10.7 Å². The zero-order valence-electron chi connectivity index (χ0n) is 15.0. The Hall–Kier alpha value is -3.26. The quantitative estimate of drug-likeness (QED) is 0.544. The van der Waals surface area contributed by atoms with E-state index in [1.54, 1.807) is 12.1 Å². The van der Waals surface area contributed by atoms with E-state index < -0.39 is 0 Å². The topological polar surface area (TPSA) is 79.8 Å². The van der Waals surface area contributed by atoms with Crippen LogP contribution in [0.2, 0.25) is 0 Å². The molecule has 1 amide bonds. The highest BCUT2D eigenvalue weighted by atomic mass is 32.1. The maximum Gasteiger partial charge on any atom is 0.308 e. The second-order valence-electron chi connectivity index (χ2n) is 6.34. The van der Waals surface area contributed by atoms with Crippen molar-refractivity contribution in [3.05, 3.63) is 74.7 Å². The van der Waals surface area contributed by atoms with Crippen molar-refractivity contribution < 1.29 is 9.18 Å². The Bertz CT molecular complexity index is 1170. The number of aromatic amines is 1. The summed E-state index contributed by atoms with van der Waals surface area (Å²) in [5.74, 6) is -0.0139. The van der Waals surface area contributed by atoms with Crippen molar-refractivity contribution in [2.75, 3.05) is 0 Å². The molecule has 0 aliphatic rings. The molecule has 0 saturated heterocycles. The van der Waals surface area contributed by atoms with Gasteiger partial charge in [-0.3, -0.25) is 14.2 Å². The number of hydrogen-bond acceptors (Lipinski definition) is 4. The first-order chi connectivity index (χ1) is 13.5. The first-order valence-electron chi connectivity index (χ1n) is 8.68. The molecule has 2 aromatic carbocycles. The molecule has 4 aromatic rings. The van der Waals surface area contributed by atoms with E-state index in [9.17, 15) is 14.0 Å². The highest BCUT2D eigenvalue weighted by Crippen LogP contribution is 2.25. The molecule has 0 saturated carbocycles. The van der Waals surface area contributed by atoms with E-state index in [-0.39, 0.29) is 29.7 Å². The molecule has 0 fully saturated rings. The first kappa shape index (κ1) is 18.1. The van der Waals surface area contributed by atoms with Crippen molar-refractivity contribution in [1.82, 2.24) is 19.9 Å². The number of imidazole rings is 1. The summed E-state index contributed by atoms with van der Waals surface area (Å²) < 4.78 is 14.6. The minimum atomic E-state index is -0.353. The van der Waals surface area contributed by atoms with Crippen molar-refractivity contribution >= 4 is 28.3 Å². The lowest BCUT2D eigenvalue weighted by Crippen LogP contribution is -2.30. The number of carbonyl (C=O) groups excluding carboxylic acids is 1. The van der Waals surface area contributed by atoms with Crippen LogP contribution in [0.15, 0.2) is 53.3 Å². The largest absolute Gasteiger partial charge is 0.347 e. The lowest BCUT2D eigenvalue weighted by Gasteiger charge is -2.09. The van der Waals surface area contributed by atoms with Gasteiger partial charge in [-0.2, -0.15) is 0 Å². The van der Waals surface area contributed by atoms with E-state index in [2.05, 4.69) is 15.3 Å². The molecular weight excluding hydrogens is 379 g/mol. The second-order valence-corrected chi connectivity index (χ2v) is 7.51. The van der Waals surface area contributed by atoms with Gasteiger partial charge in [0.2, 0.25) is 5.91 Å². The number of aryl methyl sites for hydroxylation is 1. The monoisotopic (exact) mass is 396 g/mol. The van der Waals surface area contributed by atoms with Gasteiger partial charge in [0.1, 0.15) is 18.2 Å². The molecule has 28 heavy (non-hydrogen) atoms. The number of para-hydroxylation sites is 2. The molecule has 6 nitrogen and oxygen atoms in total. The van der Waals surface area contributed by atoms with Crippen molar-refractivity contribution in [2.24, 2.45) is 0 Å². The average Bonchev–Trinajstić information content (AvgIpc) is 3.21. The van der Waals surface area contributed by atoms with Gasteiger partial charge in [-0.15, -0.1) is 0 Å². The molecule has 2 aromatic heterocycles. The lowest BCUT2D eigenvalue weighted by atomic mass is 10.1. The average molecular weight is 396 g/mol. The molecule has 8 heteroatoms. The van der Waals surface area contributed by atoms with Crippen LogP contribution in [-0.4, -0.2) is 20.4 Å². The highest BCUT2D eigenvalue weighted by Gasteiger charge is 2.16. The van der Waals surface area contributed by atoms with Gasteiger partial charge in [0.15, 0.2) is 0 Å². The third kappa shape index (κ3) is 3.59. The summed E-state index contributed by atoms with van der Waals surface area (Å²) >= 11 is 1.07. The minimum absolute atomic E-state index is 0.115. The third-order valence-electron chi connectivity index (χ3n) is 4.37. The Balaban J connectivity index is 1.51. The summed E-state index contributed by atoms with van der Waals surface area (Å²) in [6.45, 7) is 1.93. The van der Waals surface area contributed by atoms with Crippen molar-refractivity contribution in [2.45, 2.75) is 20.0 Å². The van der Waals surface area contributed by atoms with Crippen LogP contribution in [0.3, 0.4) is 0 Å². The predicted octanol–water partition coefficient (Wildman–Crippen LogP) is 3.22. The molecule has 2 N–H and O–H groups in total. The normalized spacial score (nSPS) is 11.1. The Kier molecular flexibility index (Phi) is 4.79. The van der Waals surface area contributed by atoms with E-state index >= 15 is 0 Å². The van der Waals surface area contributed by atoms with Gasteiger partial charge in [-0.05, 0) is 48.9 Å². The molecule has 0 bridgehead atoms. The molecule has 4 rings (SSSR count). The summed E-state index contributed by atoms with van der Waals surface area (Å²) in [5, 5.41) is 2.78. The third-order valence-corrected chi connectivity index (χ3v) is 5.27. The Morgan fingerprint density at radius 3 is 2.71 bits per heavy atom. The number of nitrogens with zero attached hydrogens (tertiary/aromatic N) is 2. The summed E-state index contributed by atoms with van der Waals surface area (Å²) in [5.41, 5.74) is 3.06. The number of thiazole rings is 1. The van der Waals surface area contributed by atoms with Crippen molar-refractivity contribution in [3.63, 3.8) is 0 Å². The molecule has 0 radical (unpaired) electrons. The zero-order valence-corrected chi connectivity index (χ0v) is 15.8. The number of rotatable bonds is 5. The van der Waals surface area contributed by atoms with Crippen molar-refractivity contribution in [3.8, 4) is 11.3 Å². The molecule has 0 aliphatic carbocycles. The molecule has 2 heterocycles. The highest BCUT2D eigenvalue weighted by molar-refractivity contribution is 7.09. The van der Waals surface area contributed by atoms with E-state index in [0.29, 0.717) is 17.1 Å². The second kappa shape index (κ2) is 7.40. The van der Waals surface area contributed by atoms with Crippen LogP contribution in [-0.2, 0) is 17.9 Å². The molecular formula is C20H17FN4O2S. The fraction of sp³-hybridized carbons (Fsp3) is 0.150. The van der Waals surface area contributed by atoms with Gasteiger partial charge in [0.25, 0.3) is 0 Å².